The molecule has 0 aromatic heterocycles. The number of halogens is 3. The van der Waals surface area contributed by atoms with Crippen LogP contribution in [0.25, 0.3) is 0 Å². The van der Waals surface area contributed by atoms with Gasteiger partial charge in [-0.3, -0.25) is 4.79 Å². The highest BCUT2D eigenvalue weighted by molar-refractivity contribution is 9.09. The van der Waals surface area contributed by atoms with E-state index in [9.17, 15) is 13.6 Å². The number of nitrogens with one attached hydrogen (secondary N) is 1. The molecule has 5 heteroatoms. The van der Waals surface area contributed by atoms with Crippen LogP contribution in [0.1, 0.15) is 27.1 Å². The number of hydrogen-bond donors (Lipinski definition) is 1. The van der Waals surface area contributed by atoms with Crippen LogP contribution in [-0.2, 0) is 11.2 Å². The third kappa shape index (κ3) is 2.46. The van der Waals surface area contributed by atoms with Crippen molar-refractivity contribution in [1.29, 1.82) is 0 Å². The zero-order valence-electron chi connectivity index (χ0n) is 11.2. The number of aryl methyl sites for hydroxylation is 1. The summed E-state index contributed by atoms with van der Waals surface area (Å²) in [6.07, 6.45) is 0.293. The van der Waals surface area contributed by atoms with Crippen LogP contribution in [-0.4, -0.2) is 5.91 Å². The van der Waals surface area contributed by atoms with E-state index in [0.29, 0.717) is 17.5 Å². The predicted molar refractivity (Wildman–Crippen MR) is 80.6 cm³/mol. The minimum Gasteiger partial charge on any atom is -0.326 e. The van der Waals surface area contributed by atoms with E-state index in [2.05, 4.69) is 21.2 Å². The lowest BCUT2D eigenvalue weighted by Crippen LogP contribution is -2.03. The largest absolute Gasteiger partial charge is 0.326 e. The number of benzene rings is 2. The number of fused-ring (bicyclic) bond motifs is 1. The number of anilines is 1. The van der Waals surface area contributed by atoms with Gasteiger partial charge in [0.2, 0.25) is 5.91 Å². The highest BCUT2D eigenvalue weighted by atomic mass is 79.9. The summed E-state index contributed by atoms with van der Waals surface area (Å²) < 4.78 is 28.2. The van der Waals surface area contributed by atoms with Gasteiger partial charge in [0.15, 0.2) is 0 Å². The van der Waals surface area contributed by atoms with Crippen LogP contribution in [0.3, 0.4) is 0 Å². The lowest BCUT2D eigenvalue weighted by Gasteiger charge is -2.15. The highest BCUT2D eigenvalue weighted by Gasteiger charge is 2.24. The van der Waals surface area contributed by atoms with E-state index >= 15 is 0 Å². The Kier molecular flexibility index (Phi) is 3.53. The van der Waals surface area contributed by atoms with Gasteiger partial charge in [0.25, 0.3) is 0 Å². The summed E-state index contributed by atoms with van der Waals surface area (Å²) >= 11 is 3.37. The van der Waals surface area contributed by atoms with Gasteiger partial charge in [-0.2, -0.15) is 0 Å². The number of rotatable bonds is 2. The van der Waals surface area contributed by atoms with E-state index in [1.165, 1.54) is 12.1 Å². The SMILES string of the molecule is Cc1ccc(F)c(C(Br)c2ccc3c(c2)CC(=O)N3)c1F. The first-order valence-corrected chi connectivity index (χ1v) is 7.40. The van der Waals surface area contributed by atoms with Crippen molar-refractivity contribution in [1.82, 2.24) is 0 Å². The fourth-order valence-corrected chi connectivity index (χ4v) is 3.19. The molecule has 1 heterocycles. The molecule has 1 amide bonds. The van der Waals surface area contributed by atoms with Gasteiger partial charge in [0.1, 0.15) is 11.6 Å². The van der Waals surface area contributed by atoms with Crippen LogP contribution < -0.4 is 5.32 Å². The van der Waals surface area contributed by atoms with Gasteiger partial charge in [0.05, 0.1) is 11.2 Å². The van der Waals surface area contributed by atoms with Gasteiger partial charge in [-0.05, 0) is 35.7 Å². The average Bonchev–Trinajstić information content (AvgIpc) is 2.82. The highest BCUT2D eigenvalue weighted by Crippen LogP contribution is 2.37. The monoisotopic (exact) mass is 351 g/mol. The summed E-state index contributed by atoms with van der Waals surface area (Å²) in [6.45, 7) is 1.60. The first-order chi connectivity index (χ1) is 9.97. The summed E-state index contributed by atoms with van der Waals surface area (Å²) in [5, 5.41) is 2.73. The summed E-state index contributed by atoms with van der Waals surface area (Å²) in [7, 11) is 0. The summed E-state index contributed by atoms with van der Waals surface area (Å²) in [5.41, 5.74) is 2.71. The molecule has 3 rings (SSSR count). The number of alkyl halides is 1. The molecule has 0 aliphatic carbocycles. The molecule has 1 unspecified atom stereocenters. The van der Waals surface area contributed by atoms with E-state index < -0.39 is 16.5 Å². The third-order valence-corrected chi connectivity index (χ3v) is 4.61. The van der Waals surface area contributed by atoms with E-state index in [-0.39, 0.29) is 11.5 Å². The molecule has 0 saturated heterocycles. The van der Waals surface area contributed by atoms with Gasteiger partial charge in [-0.1, -0.05) is 34.1 Å². The topological polar surface area (TPSA) is 29.1 Å². The Morgan fingerprint density at radius 3 is 2.76 bits per heavy atom. The molecule has 0 bridgehead atoms. The second-order valence-corrected chi connectivity index (χ2v) is 6.01. The predicted octanol–water partition coefficient (Wildman–Crippen LogP) is 4.25. The van der Waals surface area contributed by atoms with Crippen molar-refractivity contribution >= 4 is 27.5 Å². The van der Waals surface area contributed by atoms with E-state index in [1.807, 2.05) is 0 Å². The fourth-order valence-electron chi connectivity index (χ4n) is 2.48. The lowest BCUT2D eigenvalue weighted by atomic mass is 9.99. The van der Waals surface area contributed by atoms with Crippen molar-refractivity contribution < 1.29 is 13.6 Å². The van der Waals surface area contributed by atoms with Crippen LogP contribution >= 0.6 is 15.9 Å². The molecule has 0 spiro atoms. The molecular weight excluding hydrogens is 340 g/mol. The zero-order chi connectivity index (χ0) is 15.1. The molecule has 1 N–H and O–H groups in total. The van der Waals surface area contributed by atoms with E-state index in [0.717, 1.165) is 11.3 Å². The molecule has 21 heavy (non-hydrogen) atoms. The molecule has 2 aromatic rings. The van der Waals surface area contributed by atoms with Gasteiger partial charge >= 0.3 is 0 Å². The third-order valence-electron chi connectivity index (χ3n) is 3.62. The molecule has 2 aromatic carbocycles. The Bertz CT molecular complexity index is 745. The quantitative estimate of drug-likeness (QED) is 0.805. The lowest BCUT2D eigenvalue weighted by molar-refractivity contribution is -0.115. The molecule has 0 saturated carbocycles. The second-order valence-electron chi connectivity index (χ2n) is 5.10. The minimum absolute atomic E-state index is 0.00719. The van der Waals surface area contributed by atoms with Crippen molar-refractivity contribution in [3.05, 3.63) is 64.2 Å². The van der Waals surface area contributed by atoms with Crippen molar-refractivity contribution in [2.45, 2.75) is 18.2 Å². The standard InChI is InChI=1S/C16H12BrF2NO/c1-8-2-4-11(18)14(16(8)19)15(17)9-3-5-12-10(6-9)7-13(21)20-12/h2-6,15H,7H2,1H3,(H,20,21). The Labute approximate surface area is 129 Å². The fraction of sp³-hybridized carbons (Fsp3) is 0.188. The Morgan fingerprint density at radius 2 is 2.00 bits per heavy atom. The van der Waals surface area contributed by atoms with Crippen molar-refractivity contribution in [2.75, 3.05) is 5.32 Å². The number of carbonyl (C=O) groups is 1. The van der Waals surface area contributed by atoms with Crippen LogP contribution in [0, 0.1) is 18.6 Å². The molecule has 1 aliphatic heterocycles. The molecule has 0 fully saturated rings. The van der Waals surface area contributed by atoms with Crippen molar-refractivity contribution in [3.8, 4) is 0 Å². The smallest absolute Gasteiger partial charge is 0.228 e. The molecular formula is C16H12BrF2NO. The Balaban J connectivity index is 2.04. The van der Waals surface area contributed by atoms with Gasteiger partial charge in [-0.25, -0.2) is 8.78 Å². The maximum Gasteiger partial charge on any atom is 0.228 e. The van der Waals surface area contributed by atoms with Crippen LogP contribution in [0.4, 0.5) is 14.5 Å². The van der Waals surface area contributed by atoms with E-state index in [1.54, 1.807) is 25.1 Å². The van der Waals surface area contributed by atoms with Crippen molar-refractivity contribution in [2.24, 2.45) is 0 Å². The first-order valence-electron chi connectivity index (χ1n) is 6.48. The number of amides is 1. The minimum atomic E-state index is -0.599. The molecule has 108 valence electrons. The zero-order valence-corrected chi connectivity index (χ0v) is 12.8. The van der Waals surface area contributed by atoms with Crippen molar-refractivity contribution in [3.63, 3.8) is 0 Å². The molecule has 0 radical (unpaired) electrons. The van der Waals surface area contributed by atoms with Crippen LogP contribution in [0.15, 0.2) is 30.3 Å². The maximum absolute atomic E-state index is 14.2. The Morgan fingerprint density at radius 1 is 1.24 bits per heavy atom. The van der Waals surface area contributed by atoms with Gasteiger partial charge < -0.3 is 5.32 Å². The molecule has 2 nitrogen and oxygen atoms in total. The summed E-state index contributed by atoms with van der Waals surface area (Å²) in [6, 6.07) is 7.99. The van der Waals surface area contributed by atoms with Gasteiger partial charge in [-0.15, -0.1) is 0 Å². The molecule has 1 aliphatic rings. The number of hydrogen-bond acceptors (Lipinski definition) is 1. The van der Waals surface area contributed by atoms with Crippen LogP contribution in [0.5, 0.6) is 0 Å². The Hall–Kier alpha value is -1.75. The average molecular weight is 352 g/mol. The first kappa shape index (κ1) is 14.2. The van der Waals surface area contributed by atoms with Crippen LogP contribution in [0.2, 0.25) is 0 Å². The number of carbonyl (C=O) groups excluding carboxylic acids is 1. The summed E-state index contributed by atoms with van der Waals surface area (Å²) in [5.74, 6) is -1.21. The molecule has 1 atom stereocenters. The maximum atomic E-state index is 14.2. The summed E-state index contributed by atoms with van der Waals surface area (Å²) in [4.78, 5) is 10.8. The van der Waals surface area contributed by atoms with E-state index in [4.69, 9.17) is 0 Å². The van der Waals surface area contributed by atoms with Gasteiger partial charge in [0, 0.05) is 11.3 Å². The normalized spacial score (nSPS) is 14.8. The second kappa shape index (κ2) is 5.22.